The molecule has 2 aliphatic heterocycles. The van der Waals surface area contributed by atoms with E-state index in [9.17, 15) is 10.4 Å². The number of anilines is 1. The van der Waals surface area contributed by atoms with Crippen molar-refractivity contribution in [2.75, 3.05) is 18.1 Å². The molecule has 6 rings (SSSR count). The van der Waals surface area contributed by atoms with E-state index in [-0.39, 0.29) is 11.9 Å². The Bertz CT molecular complexity index is 1490. The van der Waals surface area contributed by atoms with E-state index in [0.29, 0.717) is 62.6 Å². The number of phenols is 1. The molecule has 5 heterocycles. The van der Waals surface area contributed by atoms with Crippen molar-refractivity contribution in [2.24, 2.45) is 0 Å². The van der Waals surface area contributed by atoms with Gasteiger partial charge in [-0.25, -0.2) is 15.0 Å². The van der Waals surface area contributed by atoms with Crippen molar-refractivity contribution >= 4 is 28.6 Å². The van der Waals surface area contributed by atoms with Gasteiger partial charge in [-0.15, -0.1) is 0 Å². The first-order valence-corrected chi connectivity index (χ1v) is 11.4. The normalized spacial score (nSPS) is 19.2. The topological polar surface area (TPSA) is 111 Å². The molecule has 2 aliphatic rings. The van der Waals surface area contributed by atoms with E-state index in [1.807, 2.05) is 19.9 Å². The van der Waals surface area contributed by atoms with Crippen LogP contribution in [0.5, 0.6) is 5.75 Å². The first-order valence-electron chi connectivity index (χ1n) is 11.1. The summed E-state index contributed by atoms with van der Waals surface area (Å²) in [6.45, 7) is 5.29. The van der Waals surface area contributed by atoms with Gasteiger partial charge in [0.2, 0.25) is 5.95 Å². The number of hydrogen-bond acceptors (Lipinski definition) is 7. The van der Waals surface area contributed by atoms with Gasteiger partial charge in [-0.3, -0.25) is 0 Å². The van der Waals surface area contributed by atoms with Crippen molar-refractivity contribution < 1.29 is 9.84 Å². The van der Waals surface area contributed by atoms with Gasteiger partial charge in [-0.1, -0.05) is 17.7 Å². The first-order chi connectivity index (χ1) is 16.5. The molecule has 2 fully saturated rings. The molecule has 170 valence electrons. The molecule has 2 unspecified atom stereocenters. The number of phenolic OH excluding ortho intramolecular Hbond substituents is 1. The lowest BCUT2D eigenvalue weighted by molar-refractivity contribution is 0.0986. The second kappa shape index (κ2) is 7.69. The summed E-state index contributed by atoms with van der Waals surface area (Å²) >= 11 is 6.81. The minimum Gasteiger partial charge on any atom is -0.508 e. The third-order valence-corrected chi connectivity index (χ3v) is 7.25. The number of nitrogens with one attached hydrogen (secondary N) is 1. The van der Waals surface area contributed by atoms with Crippen LogP contribution in [-0.4, -0.2) is 50.3 Å². The molecule has 2 saturated heterocycles. The van der Waals surface area contributed by atoms with Gasteiger partial charge in [-0.05, 0) is 43.0 Å². The quantitative estimate of drug-likeness (QED) is 0.451. The maximum atomic E-state index is 10.2. The number of H-pyrrole nitrogens is 1. The van der Waals surface area contributed by atoms with Crippen molar-refractivity contribution in [3.8, 4) is 34.2 Å². The number of aromatic amines is 1. The van der Waals surface area contributed by atoms with Gasteiger partial charge in [-0.2, -0.15) is 5.26 Å². The molecular weight excluding hydrogens is 452 g/mol. The molecule has 9 heteroatoms. The minimum absolute atomic E-state index is 0.167. The number of aryl methyl sites for hydroxylation is 1. The average molecular weight is 473 g/mol. The summed E-state index contributed by atoms with van der Waals surface area (Å²) in [4.78, 5) is 19.1. The monoisotopic (exact) mass is 472 g/mol. The van der Waals surface area contributed by atoms with E-state index in [4.69, 9.17) is 16.3 Å². The molecule has 4 aromatic rings. The van der Waals surface area contributed by atoms with Crippen molar-refractivity contribution in [3.05, 3.63) is 52.4 Å². The zero-order valence-electron chi connectivity index (χ0n) is 18.6. The van der Waals surface area contributed by atoms with Crippen LogP contribution >= 0.6 is 11.6 Å². The maximum Gasteiger partial charge on any atom is 0.225 e. The molecule has 8 nitrogen and oxygen atoms in total. The minimum atomic E-state index is 0.167. The number of fused-ring (bicyclic) bond motifs is 3. The number of pyridine rings is 1. The molecule has 3 aromatic heterocycles. The predicted octanol–water partition coefficient (Wildman–Crippen LogP) is 4.51. The number of nitriles is 1. The number of ether oxygens (including phenoxy) is 1. The smallest absolute Gasteiger partial charge is 0.225 e. The fraction of sp³-hybridized carbons (Fsp3) is 0.280. The number of morpholine rings is 1. The van der Waals surface area contributed by atoms with Gasteiger partial charge in [0.1, 0.15) is 17.5 Å². The number of aromatic hydroxyl groups is 1. The Morgan fingerprint density at radius 1 is 1.21 bits per heavy atom. The van der Waals surface area contributed by atoms with Crippen molar-refractivity contribution in [2.45, 2.75) is 32.4 Å². The number of nitrogens with zero attached hydrogens (tertiary/aromatic N) is 5. The zero-order chi connectivity index (χ0) is 23.6. The highest BCUT2D eigenvalue weighted by Crippen LogP contribution is 2.41. The lowest BCUT2D eigenvalue weighted by atomic mass is 9.92. The standard InChI is InChI=1S/C25H21ClN6O2/c1-12-3-4-19(33)13(2)20(12)18-9-28-24-21(17(18)6-27)22(26)23(31-24)14-7-29-25(30-8-14)32-10-16-5-15(32)11-34-16/h3-4,7-9,15-16,33H,5,10-11H2,1-2H3,(H,28,31). The summed E-state index contributed by atoms with van der Waals surface area (Å²) in [5.41, 5.74) is 5.27. The highest BCUT2D eigenvalue weighted by atomic mass is 35.5. The maximum absolute atomic E-state index is 10.2. The van der Waals surface area contributed by atoms with Crippen LogP contribution in [0.15, 0.2) is 30.7 Å². The van der Waals surface area contributed by atoms with Crippen LogP contribution in [0.4, 0.5) is 5.95 Å². The van der Waals surface area contributed by atoms with Crippen LogP contribution in [0.2, 0.25) is 5.02 Å². The summed E-state index contributed by atoms with van der Waals surface area (Å²) in [7, 11) is 0. The molecule has 1 aromatic carbocycles. The number of hydrogen-bond donors (Lipinski definition) is 2. The molecular formula is C25H21ClN6O2. The molecule has 0 spiro atoms. The summed E-state index contributed by atoms with van der Waals surface area (Å²) in [5, 5.41) is 21.3. The van der Waals surface area contributed by atoms with E-state index in [1.54, 1.807) is 24.7 Å². The Kier molecular flexibility index (Phi) is 4.73. The van der Waals surface area contributed by atoms with Crippen molar-refractivity contribution in [3.63, 3.8) is 0 Å². The highest BCUT2D eigenvalue weighted by molar-refractivity contribution is 6.38. The number of rotatable bonds is 3. The van der Waals surface area contributed by atoms with E-state index >= 15 is 0 Å². The molecule has 0 aliphatic carbocycles. The summed E-state index contributed by atoms with van der Waals surface area (Å²) < 4.78 is 5.66. The third-order valence-electron chi connectivity index (χ3n) is 6.87. The highest BCUT2D eigenvalue weighted by Gasteiger charge is 2.40. The largest absolute Gasteiger partial charge is 0.508 e. The van der Waals surface area contributed by atoms with Crippen molar-refractivity contribution in [1.82, 2.24) is 19.9 Å². The predicted molar refractivity (Wildman–Crippen MR) is 129 cm³/mol. The molecule has 2 bridgehead atoms. The van der Waals surface area contributed by atoms with E-state index < -0.39 is 0 Å². The lowest BCUT2D eigenvalue weighted by Gasteiger charge is -2.26. The second-order valence-corrected chi connectivity index (χ2v) is 9.24. The van der Waals surface area contributed by atoms with E-state index in [2.05, 4.69) is 30.9 Å². The van der Waals surface area contributed by atoms with Crippen molar-refractivity contribution in [1.29, 1.82) is 5.26 Å². The molecule has 2 N–H and O–H groups in total. The van der Waals surface area contributed by atoms with Gasteiger partial charge in [0.25, 0.3) is 0 Å². The van der Waals surface area contributed by atoms with Crippen LogP contribution in [-0.2, 0) is 4.74 Å². The van der Waals surface area contributed by atoms with Gasteiger partial charge < -0.3 is 19.7 Å². The average Bonchev–Trinajstić information content (AvgIpc) is 3.57. The molecule has 0 amide bonds. The Labute approximate surface area is 200 Å². The molecule has 0 radical (unpaired) electrons. The number of aromatic nitrogens is 4. The fourth-order valence-electron chi connectivity index (χ4n) is 5.12. The third kappa shape index (κ3) is 3.05. The number of halogens is 1. The second-order valence-electron chi connectivity index (χ2n) is 8.87. The Balaban J connectivity index is 1.44. The van der Waals surface area contributed by atoms with Crippen LogP contribution in [0.3, 0.4) is 0 Å². The van der Waals surface area contributed by atoms with Crippen LogP contribution in [0, 0.1) is 25.2 Å². The Hall–Kier alpha value is -3.67. The van der Waals surface area contributed by atoms with Gasteiger partial charge in [0.05, 0.1) is 40.4 Å². The molecule has 34 heavy (non-hydrogen) atoms. The van der Waals surface area contributed by atoms with E-state index in [0.717, 1.165) is 24.1 Å². The SMILES string of the molecule is Cc1ccc(O)c(C)c1-c1cnc2[nH]c(-c3cnc(N4CC5CC4CO5)nc3)c(Cl)c2c1C#N. The summed E-state index contributed by atoms with van der Waals surface area (Å²) in [6, 6.07) is 6.11. The molecule has 2 atom stereocenters. The lowest BCUT2D eigenvalue weighted by Crippen LogP contribution is -2.38. The van der Waals surface area contributed by atoms with Crippen LogP contribution in [0.25, 0.3) is 33.4 Å². The Morgan fingerprint density at radius 3 is 2.68 bits per heavy atom. The first kappa shape index (κ1) is 20.9. The molecule has 0 saturated carbocycles. The van der Waals surface area contributed by atoms with Gasteiger partial charge in [0, 0.05) is 36.3 Å². The fourth-order valence-corrected chi connectivity index (χ4v) is 5.46. The summed E-state index contributed by atoms with van der Waals surface area (Å²) in [5.74, 6) is 0.847. The summed E-state index contributed by atoms with van der Waals surface area (Å²) in [6.07, 6.45) is 6.41. The van der Waals surface area contributed by atoms with Gasteiger partial charge >= 0.3 is 0 Å². The Morgan fingerprint density at radius 2 is 2.00 bits per heavy atom. The van der Waals surface area contributed by atoms with E-state index in [1.165, 1.54) is 0 Å². The number of benzene rings is 1. The van der Waals surface area contributed by atoms with Gasteiger partial charge in [0.15, 0.2) is 0 Å². The van der Waals surface area contributed by atoms with Crippen LogP contribution in [0.1, 0.15) is 23.1 Å². The van der Waals surface area contributed by atoms with Crippen LogP contribution < -0.4 is 4.90 Å². The zero-order valence-corrected chi connectivity index (χ0v) is 19.4.